The molecule has 3 aromatic rings. The van der Waals surface area contributed by atoms with Gasteiger partial charge in [0.2, 0.25) is 0 Å². The number of aryl methyl sites for hydroxylation is 1. The van der Waals surface area contributed by atoms with E-state index in [2.05, 4.69) is 17.0 Å². The first-order valence-electron chi connectivity index (χ1n) is 9.67. The highest BCUT2D eigenvalue weighted by atomic mass is 16.4. The van der Waals surface area contributed by atoms with Crippen LogP contribution in [0, 0.1) is 6.92 Å². The number of hydrogen-bond donors (Lipinski definition) is 1. The molecule has 1 aromatic carbocycles. The molecular weight excluding hydrogens is 352 g/mol. The van der Waals surface area contributed by atoms with Crippen molar-refractivity contribution in [2.45, 2.75) is 32.2 Å². The van der Waals surface area contributed by atoms with Crippen molar-refractivity contribution in [3.63, 3.8) is 0 Å². The number of aromatic nitrogens is 1. The summed E-state index contributed by atoms with van der Waals surface area (Å²) in [7, 11) is 0. The summed E-state index contributed by atoms with van der Waals surface area (Å²) in [5.41, 5.74) is 3.09. The van der Waals surface area contributed by atoms with Gasteiger partial charge in [0.25, 0.3) is 0 Å². The standard InChI is InChI=1S/C23H24N2O3/c1-16-6-4-10-21(24-16)17-7-5-13-25(14-17)15-18-11-12-22(28-18)19-8-2-3-9-20(19)23(26)27/h2-4,6,8-12,17H,5,7,13-15H2,1H3,(H,26,27). The number of carboxylic acid groups (broad SMARTS) is 1. The average molecular weight is 376 g/mol. The van der Waals surface area contributed by atoms with Crippen molar-refractivity contribution >= 4 is 5.97 Å². The van der Waals surface area contributed by atoms with Crippen LogP contribution >= 0.6 is 0 Å². The second kappa shape index (κ2) is 7.98. The fourth-order valence-electron chi connectivity index (χ4n) is 3.94. The summed E-state index contributed by atoms with van der Waals surface area (Å²) in [6.07, 6.45) is 2.29. The highest BCUT2D eigenvalue weighted by Crippen LogP contribution is 2.29. The highest BCUT2D eigenvalue weighted by Gasteiger charge is 2.23. The molecule has 5 heteroatoms. The van der Waals surface area contributed by atoms with Gasteiger partial charge in [0.1, 0.15) is 11.5 Å². The van der Waals surface area contributed by atoms with Gasteiger partial charge in [-0.1, -0.05) is 24.3 Å². The SMILES string of the molecule is Cc1cccc(C2CCCN(Cc3ccc(-c4ccccc4C(=O)O)o3)C2)n1. The number of carbonyl (C=O) groups is 1. The number of pyridine rings is 1. The fraction of sp³-hybridized carbons (Fsp3) is 0.304. The summed E-state index contributed by atoms with van der Waals surface area (Å²) in [5, 5.41) is 9.40. The molecule has 144 valence electrons. The molecule has 1 unspecified atom stereocenters. The zero-order valence-corrected chi connectivity index (χ0v) is 16.0. The van der Waals surface area contributed by atoms with E-state index in [1.807, 2.05) is 31.2 Å². The maximum atomic E-state index is 11.5. The molecular formula is C23H24N2O3. The Morgan fingerprint density at radius 3 is 2.86 bits per heavy atom. The van der Waals surface area contributed by atoms with Gasteiger partial charge in [0.05, 0.1) is 12.1 Å². The van der Waals surface area contributed by atoms with Crippen molar-refractivity contribution < 1.29 is 14.3 Å². The Bertz CT molecular complexity index is 979. The van der Waals surface area contributed by atoms with Gasteiger partial charge < -0.3 is 9.52 Å². The van der Waals surface area contributed by atoms with Crippen molar-refractivity contribution in [3.8, 4) is 11.3 Å². The number of carboxylic acids is 1. The Balaban J connectivity index is 1.48. The largest absolute Gasteiger partial charge is 0.478 e. The van der Waals surface area contributed by atoms with Crippen LogP contribution in [0.3, 0.4) is 0 Å². The minimum absolute atomic E-state index is 0.256. The minimum atomic E-state index is -0.946. The van der Waals surface area contributed by atoms with E-state index in [4.69, 9.17) is 9.40 Å². The van der Waals surface area contributed by atoms with E-state index in [1.165, 1.54) is 5.69 Å². The molecule has 0 saturated carbocycles. The molecule has 4 rings (SSSR count). The first-order chi connectivity index (χ1) is 13.6. The molecule has 0 bridgehead atoms. The minimum Gasteiger partial charge on any atom is -0.478 e. The summed E-state index contributed by atoms with van der Waals surface area (Å²) >= 11 is 0. The van der Waals surface area contributed by atoms with E-state index in [1.54, 1.807) is 18.2 Å². The molecule has 1 fully saturated rings. The number of piperidine rings is 1. The summed E-state index contributed by atoms with van der Waals surface area (Å²) < 4.78 is 6.00. The predicted molar refractivity (Wildman–Crippen MR) is 107 cm³/mol. The van der Waals surface area contributed by atoms with Crippen molar-refractivity contribution in [1.82, 2.24) is 9.88 Å². The Morgan fingerprint density at radius 1 is 1.18 bits per heavy atom. The molecule has 5 nitrogen and oxygen atoms in total. The van der Waals surface area contributed by atoms with Crippen LogP contribution < -0.4 is 0 Å². The third-order valence-electron chi connectivity index (χ3n) is 5.30. The molecule has 1 atom stereocenters. The average Bonchev–Trinajstić information content (AvgIpc) is 3.16. The smallest absolute Gasteiger partial charge is 0.336 e. The van der Waals surface area contributed by atoms with Crippen LogP contribution in [0.25, 0.3) is 11.3 Å². The molecule has 1 aliphatic heterocycles. The molecule has 0 radical (unpaired) electrons. The van der Waals surface area contributed by atoms with E-state index >= 15 is 0 Å². The Morgan fingerprint density at radius 2 is 2.04 bits per heavy atom. The monoisotopic (exact) mass is 376 g/mol. The van der Waals surface area contributed by atoms with Gasteiger partial charge in [-0.15, -0.1) is 0 Å². The number of likely N-dealkylation sites (tertiary alicyclic amines) is 1. The number of nitrogens with zero attached hydrogens (tertiary/aromatic N) is 2. The summed E-state index contributed by atoms with van der Waals surface area (Å²) in [6, 6.07) is 17.0. The van der Waals surface area contributed by atoms with E-state index in [0.29, 0.717) is 17.2 Å². The van der Waals surface area contributed by atoms with Gasteiger partial charge in [-0.2, -0.15) is 0 Å². The van der Waals surface area contributed by atoms with Crippen LogP contribution in [0.4, 0.5) is 0 Å². The van der Waals surface area contributed by atoms with E-state index in [9.17, 15) is 9.90 Å². The molecule has 2 aromatic heterocycles. The van der Waals surface area contributed by atoms with Crippen LogP contribution in [0.2, 0.25) is 0 Å². The summed E-state index contributed by atoms with van der Waals surface area (Å²) in [6.45, 7) is 4.74. The molecule has 1 aliphatic rings. The predicted octanol–water partition coefficient (Wildman–Crippen LogP) is 4.73. The molecule has 1 saturated heterocycles. The Labute approximate surface area is 164 Å². The van der Waals surface area contributed by atoms with Gasteiger partial charge in [0.15, 0.2) is 0 Å². The third-order valence-corrected chi connectivity index (χ3v) is 5.30. The number of rotatable bonds is 5. The number of hydrogen-bond acceptors (Lipinski definition) is 4. The maximum absolute atomic E-state index is 11.5. The first-order valence-corrected chi connectivity index (χ1v) is 9.67. The molecule has 3 heterocycles. The number of aromatic carboxylic acids is 1. The van der Waals surface area contributed by atoms with Crippen LogP contribution in [-0.2, 0) is 6.54 Å². The van der Waals surface area contributed by atoms with Crippen LogP contribution in [-0.4, -0.2) is 34.0 Å². The second-order valence-corrected chi connectivity index (χ2v) is 7.39. The maximum Gasteiger partial charge on any atom is 0.336 e. The van der Waals surface area contributed by atoms with Crippen molar-refractivity contribution in [2.24, 2.45) is 0 Å². The van der Waals surface area contributed by atoms with Crippen molar-refractivity contribution in [2.75, 3.05) is 13.1 Å². The van der Waals surface area contributed by atoms with Crippen molar-refractivity contribution in [3.05, 3.63) is 77.3 Å². The Kier molecular flexibility index (Phi) is 5.26. The lowest BCUT2D eigenvalue weighted by Crippen LogP contribution is -2.34. The van der Waals surface area contributed by atoms with Crippen LogP contribution in [0.1, 0.15) is 46.3 Å². The van der Waals surface area contributed by atoms with Gasteiger partial charge in [-0.25, -0.2) is 4.79 Å². The summed E-state index contributed by atoms with van der Waals surface area (Å²) in [5.74, 6) is 0.948. The quantitative estimate of drug-likeness (QED) is 0.697. The van der Waals surface area contributed by atoms with E-state index in [0.717, 1.165) is 43.9 Å². The lowest BCUT2D eigenvalue weighted by molar-refractivity contribution is 0.0697. The zero-order chi connectivity index (χ0) is 19.5. The lowest BCUT2D eigenvalue weighted by atomic mass is 9.94. The summed E-state index contributed by atoms with van der Waals surface area (Å²) in [4.78, 5) is 18.6. The molecule has 28 heavy (non-hydrogen) atoms. The van der Waals surface area contributed by atoms with E-state index < -0.39 is 5.97 Å². The Hall–Kier alpha value is -2.92. The topological polar surface area (TPSA) is 66.6 Å². The normalized spacial score (nSPS) is 17.5. The van der Waals surface area contributed by atoms with Crippen molar-refractivity contribution in [1.29, 1.82) is 0 Å². The van der Waals surface area contributed by atoms with Gasteiger partial charge >= 0.3 is 5.97 Å². The number of benzene rings is 1. The zero-order valence-electron chi connectivity index (χ0n) is 16.0. The van der Waals surface area contributed by atoms with Gasteiger partial charge in [-0.05, 0) is 56.6 Å². The molecule has 0 spiro atoms. The molecule has 1 N–H and O–H groups in total. The molecule has 0 amide bonds. The molecule has 0 aliphatic carbocycles. The fourth-order valence-corrected chi connectivity index (χ4v) is 3.94. The van der Waals surface area contributed by atoms with E-state index in [-0.39, 0.29) is 5.56 Å². The first kappa shape index (κ1) is 18.4. The van der Waals surface area contributed by atoms with Crippen LogP contribution in [0.15, 0.2) is 59.0 Å². The van der Waals surface area contributed by atoms with Gasteiger partial charge in [-0.3, -0.25) is 9.88 Å². The highest BCUT2D eigenvalue weighted by molar-refractivity contribution is 5.95. The third kappa shape index (κ3) is 3.99. The second-order valence-electron chi connectivity index (χ2n) is 7.39. The van der Waals surface area contributed by atoms with Gasteiger partial charge in [0, 0.05) is 29.4 Å². The van der Waals surface area contributed by atoms with Crippen LogP contribution in [0.5, 0.6) is 0 Å². The number of furan rings is 1. The lowest BCUT2D eigenvalue weighted by Gasteiger charge is -2.31.